The van der Waals surface area contributed by atoms with Gasteiger partial charge in [-0.2, -0.15) is 0 Å². The fourth-order valence-electron chi connectivity index (χ4n) is 2.36. The van der Waals surface area contributed by atoms with Crippen LogP contribution >= 0.6 is 0 Å². The summed E-state index contributed by atoms with van der Waals surface area (Å²) in [6, 6.07) is 7.14. The lowest BCUT2D eigenvalue weighted by molar-refractivity contribution is 0.396. The van der Waals surface area contributed by atoms with Crippen molar-refractivity contribution in [2.24, 2.45) is 5.92 Å². The van der Waals surface area contributed by atoms with Gasteiger partial charge in [0.25, 0.3) is 0 Å². The Morgan fingerprint density at radius 3 is 2.42 bits per heavy atom. The molecular weight excluding hydrogens is 234 g/mol. The van der Waals surface area contributed by atoms with Crippen molar-refractivity contribution in [3.05, 3.63) is 29.3 Å². The Balaban J connectivity index is 2.96. The van der Waals surface area contributed by atoms with Gasteiger partial charge in [-0.05, 0) is 36.0 Å². The van der Waals surface area contributed by atoms with Gasteiger partial charge in [0.1, 0.15) is 5.75 Å². The van der Waals surface area contributed by atoms with Crippen molar-refractivity contribution >= 4 is 0 Å². The number of hydrogen-bond acceptors (Lipinski definition) is 2. The summed E-state index contributed by atoms with van der Waals surface area (Å²) >= 11 is 0. The van der Waals surface area contributed by atoms with Crippen LogP contribution in [0.15, 0.2) is 18.2 Å². The zero-order chi connectivity index (χ0) is 14.4. The second-order valence-corrected chi connectivity index (χ2v) is 5.78. The molecule has 2 heteroatoms. The van der Waals surface area contributed by atoms with Crippen molar-refractivity contribution in [3.63, 3.8) is 0 Å². The number of ether oxygens (including phenoxy) is 1. The van der Waals surface area contributed by atoms with E-state index in [4.69, 9.17) is 4.74 Å². The van der Waals surface area contributed by atoms with E-state index < -0.39 is 0 Å². The predicted octanol–water partition coefficient (Wildman–Crippen LogP) is 4.13. The molecule has 19 heavy (non-hydrogen) atoms. The summed E-state index contributed by atoms with van der Waals surface area (Å²) in [4.78, 5) is 0. The summed E-state index contributed by atoms with van der Waals surface area (Å²) in [5.74, 6) is 2.20. The van der Waals surface area contributed by atoms with E-state index >= 15 is 0 Å². The second-order valence-electron chi connectivity index (χ2n) is 5.78. The molecule has 1 aromatic carbocycles. The number of benzene rings is 1. The van der Waals surface area contributed by atoms with E-state index in [1.165, 1.54) is 17.5 Å². The van der Waals surface area contributed by atoms with Crippen LogP contribution in [0.25, 0.3) is 0 Å². The Morgan fingerprint density at radius 2 is 1.89 bits per heavy atom. The Kier molecular flexibility index (Phi) is 6.36. The van der Waals surface area contributed by atoms with Crippen LogP contribution in [0.3, 0.4) is 0 Å². The van der Waals surface area contributed by atoms with Gasteiger partial charge in [0, 0.05) is 12.6 Å². The fraction of sp³-hybridized carbons (Fsp3) is 0.647. The highest BCUT2D eigenvalue weighted by Gasteiger charge is 2.19. The third kappa shape index (κ3) is 4.54. The monoisotopic (exact) mass is 263 g/mol. The molecule has 1 rings (SSSR count). The topological polar surface area (TPSA) is 21.3 Å². The fourth-order valence-corrected chi connectivity index (χ4v) is 2.36. The summed E-state index contributed by atoms with van der Waals surface area (Å²) < 4.78 is 5.45. The first kappa shape index (κ1) is 16.0. The average molecular weight is 263 g/mol. The maximum absolute atomic E-state index is 5.45. The van der Waals surface area contributed by atoms with E-state index in [2.05, 4.69) is 58.1 Å². The third-order valence-electron chi connectivity index (χ3n) is 3.94. The quantitative estimate of drug-likeness (QED) is 0.798. The first-order valence-electron chi connectivity index (χ1n) is 7.37. The van der Waals surface area contributed by atoms with Crippen molar-refractivity contribution < 1.29 is 4.74 Å². The minimum Gasteiger partial charge on any atom is -0.496 e. The van der Waals surface area contributed by atoms with Crippen LogP contribution in [0.2, 0.25) is 0 Å². The molecule has 2 unspecified atom stereocenters. The molecule has 0 saturated heterocycles. The van der Waals surface area contributed by atoms with Crippen LogP contribution < -0.4 is 10.1 Å². The molecule has 1 aromatic rings. The van der Waals surface area contributed by atoms with Gasteiger partial charge in [0.05, 0.1) is 7.11 Å². The smallest absolute Gasteiger partial charge is 0.122 e. The van der Waals surface area contributed by atoms with E-state index in [9.17, 15) is 0 Å². The summed E-state index contributed by atoms with van der Waals surface area (Å²) in [5, 5.41) is 3.57. The first-order valence-corrected chi connectivity index (χ1v) is 7.37. The molecule has 1 N–H and O–H groups in total. The standard InChI is InChI=1S/C17H29NO/c1-7-13(4)16(11-18-12(2)3)15-9-8-14(5)17(10-15)19-6/h8-10,12-13,16,18H,7,11H2,1-6H3. The van der Waals surface area contributed by atoms with Gasteiger partial charge >= 0.3 is 0 Å². The van der Waals surface area contributed by atoms with Crippen LogP contribution in [-0.4, -0.2) is 19.7 Å². The van der Waals surface area contributed by atoms with Crippen molar-refractivity contribution in [3.8, 4) is 5.75 Å². The van der Waals surface area contributed by atoms with Crippen LogP contribution in [0, 0.1) is 12.8 Å². The number of aryl methyl sites for hydroxylation is 1. The number of hydrogen-bond donors (Lipinski definition) is 1. The Bertz CT molecular complexity index is 387. The van der Waals surface area contributed by atoms with Crippen LogP contribution in [-0.2, 0) is 0 Å². The van der Waals surface area contributed by atoms with Crippen LogP contribution in [0.1, 0.15) is 51.2 Å². The van der Waals surface area contributed by atoms with Crippen molar-refractivity contribution in [1.82, 2.24) is 5.32 Å². The molecule has 0 aromatic heterocycles. The Hall–Kier alpha value is -1.02. The normalized spacial score (nSPS) is 14.5. The molecule has 108 valence electrons. The van der Waals surface area contributed by atoms with Gasteiger partial charge in [-0.15, -0.1) is 0 Å². The summed E-state index contributed by atoms with van der Waals surface area (Å²) in [6.07, 6.45) is 1.20. The van der Waals surface area contributed by atoms with E-state index in [0.29, 0.717) is 17.9 Å². The predicted molar refractivity (Wildman–Crippen MR) is 83.1 cm³/mol. The molecular formula is C17H29NO. The molecule has 0 aliphatic heterocycles. The molecule has 0 saturated carbocycles. The lowest BCUT2D eigenvalue weighted by Gasteiger charge is -2.26. The molecule has 0 fully saturated rings. The van der Waals surface area contributed by atoms with E-state index in [0.717, 1.165) is 12.3 Å². The zero-order valence-corrected chi connectivity index (χ0v) is 13.3. The largest absolute Gasteiger partial charge is 0.496 e. The van der Waals surface area contributed by atoms with Gasteiger partial charge in [-0.1, -0.05) is 46.2 Å². The van der Waals surface area contributed by atoms with Crippen LogP contribution in [0.4, 0.5) is 0 Å². The minimum atomic E-state index is 0.527. The molecule has 2 nitrogen and oxygen atoms in total. The highest BCUT2D eigenvalue weighted by Crippen LogP contribution is 2.30. The first-order chi connectivity index (χ1) is 8.99. The van der Waals surface area contributed by atoms with Gasteiger partial charge in [-0.3, -0.25) is 0 Å². The van der Waals surface area contributed by atoms with Crippen molar-refractivity contribution in [2.45, 2.75) is 53.0 Å². The molecule has 0 spiro atoms. The molecule has 2 atom stereocenters. The average Bonchev–Trinajstić information content (AvgIpc) is 2.39. The minimum absolute atomic E-state index is 0.527. The molecule has 0 heterocycles. The van der Waals surface area contributed by atoms with E-state index in [1.807, 2.05) is 0 Å². The van der Waals surface area contributed by atoms with E-state index in [1.54, 1.807) is 7.11 Å². The van der Waals surface area contributed by atoms with Crippen molar-refractivity contribution in [2.75, 3.05) is 13.7 Å². The molecule has 0 amide bonds. The Morgan fingerprint density at radius 1 is 1.21 bits per heavy atom. The summed E-state index contributed by atoms with van der Waals surface area (Å²) in [6.45, 7) is 12.1. The maximum Gasteiger partial charge on any atom is 0.122 e. The van der Waals surface area contributed by atoms with Gasteiger partial charge in [0.15, 0.2) is 0 Å². The SMILES string of the molecule is CCC(C)C(CNC(C)C)c1ccc(C)c(OC)c1. The van der Waals surface area contributed by atoms with Crippen molar-refractivity contribution in [1.29, 1.82) is 0 Å². The van der Waals surface area contributed by atoms with Gasteiger partial charge in [-0.25, -0.2) is 0 Å². The summed E-state index contributed by atoms with van der Waals surface area (Å²) in [5.41, 5.74) is 2.58. The second kappa shape index (κ2) is 7.54. The maximum atomic E-state index is 5.45. The van der Waals surface area contributed by atoms with Gasteiger partial charge in [0.2, 0.25) is 0 Å². The summed E-state index contributed by atoms with van der Waals surface area (Å²) in [7, 11) is 1.75. The number of methoxy groups -OCH3 is 1. The van der Waals surface area contributed by atoms with Crippen LogP contribution in [0.5, 0.6) is 5.75 Å². The molecule has 0 aliphatic carbocycles. The number of nitrogens with one attached hydrogen (secondary N) is 1. The highest BCUT2D eigenvalue weighted by atomic mass is 16.5. The Labute approximate surface area is 118 Å². The third-order valence-corrected chi connectivity index (χ3v) is 3.94. The van der Waals surface area contributed by atoms with Gasteiger partial charge < -0.3 is 10.1 Å². The number of rotatable bonds is 7. The molecule has 0 bridgehead atoms. The van der Waals surface area contributed by atoms with E-state index in [-0.39, 0.29) is 0 Å². The lowest BCUT2D eigenvalue weighted by Crippen LogP contribution is -2.30. The highest BCUT2D eigenvalue weighted by molar-refractivity contribution is 5.38. The molecule has 0 radical (unpaired) electrons. The zero-order valence-electron chi connectivity index (χ0n) is 13.3. The lowest BCUT2D eigenvalue weighted by atomic mass is 9.85. The molecule has 0 aliphatic rings.